The number of aliphatic hydroxyl groups is 1. The second-order valence-electron chi connectivity index (χ2n) is 4.43. The number of anilines is 1. The second kappa shape index (κ2) is 5.64. The van der Waals surface area contributed by atoms with Crippen LogP contribution in [-0.4, -0.2) is 22.7 Å². The summed E-state index contributed by atoms with van der Waals surface area (Å²) in [5.74, 6) is 1.48. The van der Waals surface area contributed by atoms with Crippen molar-refractivity contribution >= 4 is 21.7 Å². The lowest BCUT2D eigenvalue weighted by Crippen LogP contribution is -2.25. The predicted octanol–water partition coefficient (Wildman–Crippen LogP) is 2.81. The summed E-state index contributed by atoms with van der Waals surface area (Å²) in [5, 5.41) is 12.9. The molecule has 88 valence electrons. The Morgan fingerprint density at radius 3 is 3.00 bits per heavy atom. The molecule has 0 aromatic carbocycles. The van der Waals surface area contributed by atoms with E-state index in [1.54, 1.807) is 6.20 Å². The Morgan fingerprint density at radius 2 is 2.31 bits per heavy atom. The highest BCUT2D eigenvalue weighted by Crippen LogP contribution is 2.24. The largest absolute Gasteiger partial charge is 0.393 e. The number of hydrogen-bond acceptors (Lipinski definition) is 3. The van der Waals surface area contributed by atoms with Crippen LogP contribution in [0, 0.1) is 5.92 Å². The molecule has 1 aromatic heterocycles. The van der Waals surface area contributed by atoms with Gasteiger partial charge in [0.05, 0.1) is 6.10 Å². The predicted molar refractivity (Wildman–Crippen MR) is 68.4 cm³/mol. The Kier molecular flexibility index (Phi) is 4.18. The fraction of sp³-hybridized carbons (Fsp3) is 0.583. The number of aliphatic hydroxyl groups excluding tert-OH is 1. The average Bonchev–Trinajstić information content (AvgIpc) is 2.28. The Morgan fingerprint density at radius 1 is 1.44 bits per heavy atom. The van der Waals surface area contributed by atoms with E-state index in [0.717, 1.165) is 36.1 Å². The molecule has 3 nitrogen and oxygen atoms in total. The molecule has 2 unspecified atom stereocenters. The van der Waals surface area contributed by atoms with Crippen molar-refractivity contribution in [2.24, 2.45) is 5.92 Å². The Balaban J connectivity index is 1.80. The van der Waals surface area contributed by atoms with E-state index in [2.05, 4.69) is 26.2 Å². The Labute approximate surface area is 104 Å². The van der Waals surface area contributed by atoms with E-state index in [-0.39, 0.29) is 6.10 Å². The molecule has 16 heavy (non-hydrogen) atoms. The van der Waals surface area contributed by atoms with Crippen molar-refractivity contribution in [2.45, 2.75) is 31.8 Å². The minimum Gasteiger partial charge on any atom is -0.393 e. The van der Waals surface area contributed by atoms with Gasteiger partial charge in [-0.2, -0.15) is 0 Å². The van der Waals surface area contributed by atoms with Gasteiger partial charge in [0.15, 0.2) is 0 Å². The summed E-state index contributed by atoms with van der Waals surface area (Å²) < 4.78 is 0.992. The third-order valence-electron chi connectivity index (χ3n) is 3.05. The van der Waals surface area contributed by atoms with Gasteiger partial charge in [0, 0.05) is 17.2 Å². The molecule has 0 saturated heterocycles. The first-order chi connectivity index (χ1) is 7.74. The number of rotatable bonds is 3. The lowest BCUT2D eigenvalue weighted by Gasteiger charge is -2.26. The molecule has 2 atom stereocenters. The number of halogens is 1. The second-order valence-corrected chi connectivity index (χ2v) is 5.34. The van der Waals surface area contributed by atoms with Gasteiger partial charge in [-0.25, -0.2) is 4.98 Å². The maximum atomic E-state index is 9.56. The van der Waals surface area contributed by atoms with E-state index < -0.39 is 0 Å². The van der Waals surface area contributed by atoms with Crippen LogP contribution >= 0.6 is 15.9 Å². The molecule has 1 saturated carbocycles. The summed E-state index contributed by atoms with van der Waals surface area (Å²) in [6.45, 7) is 0.908. The Hall–Kier alpha value is -0.610. The fourth-order valence-electron chi connectivity index (χ4n) is 2.18. The molecule has 1 aliphatic rings. The van der Waals surface area contributed by atoms with E-state index in [0.29, 0.717) is 5.92 Å². The SMILES string of the molecule is OC1CCCC(CNc2ccc(Br)cn2)C1. The summed E-state index contributed by atoms with van der Waals surface area (Å²) in [6.07, 6.45) is 5.93. The molecule has 0 aliphatic heterocycles. The van der Waals surface area contributed by atoms with Gasteiger partial charge in [0.1, 0.15) is 5.82 Å². The fourth-order valence-corrected chi connectivity index (χ4v) is 2.41. The van der Waals surface area contributed by atoms with Crippen LogP contribution in [0.5, 0.6) is 0 Å². The zero-order valence-electron chi connectivity index (χ0n) is 9.19. The molecular formula is C12H17BrN2O. The van der Waals surface area contributed by atoms with Crippen LogP contribution in [0.25, 0.3) is 0 Å². The number of nitrogens with zero attached hydrogens (tertiary/aromatic N) is 1. The molecule has 1 fully saturated rings. The van der Waals surface area contributed by atoms with Crippen molar-refractivity contribution in [1.29, 1.82) is 0 Å². The summed E-state index contributed by atoms with van der Waals surface area (Å²) >= 11 is 3.36. The number of hydrogen-bond donors (Lipinski definition) is 2. The number of pyridine rings is 1. The maximum Gasteiger partial charge on any atom is 0.125 e. The topological polar surface area (TPSA) is 45.1 Å². The van der Waals surface area contributed by atoms with Gasteiger partial charge in [0.2, 0.25) is 0 Å². The van der Waals surface area contributed by atoms with Crippen molar-refractivity contribution in [1.82, 2.24) is 4.98 Å². The van der Waals surface area contributed by atoms with Gasteiger partial charge >= 0.3 is 0 Å². The van der Waals surface area contributed by atoms with Crippen molar-refractivity contribution in [3.63, 3.8) is 0 Å². The molecule has 2 N–H and O–H groups in total. The molecule has 0 amide bonds. The summed E-state index contributed by atoms with van der Waals surface area (Å²) in [5.41, 5.74) is 0. The highest BCUT2D eigenvalue weighted by atomic mass is 79.9. The van der Waals surface area contributed by atoms with Gasteiger partial charge in [-0.3, -0.25) is 0 Å². The lowest BCUT2D eigenvalue weighted by atomic mass is 9.87. The highest BCUT2D eigenvalue weighted by Gasteiger charge is 2.19. The van der Waals surface area contributed by atoms with Crippen molar-refractivity contribution in [3.05, 3.63) is 22.8 Å². The van der Waals surface area contributed by atoms with Crippen molar-refractivity contribution in [3.8, 4) is 0 Å². The van der Waals surface area contributed by atoms with Crippen molar-refractivity contribution in [2.75, 3.05) is 11.9 Å². The van der Waals surface area contributed by atoms with Crippen molar-refractivity contribution < 1.29 is 5.11 Å². The minimum atomic E-state index is -0.0987. The monoisotopic (exact) mass is 284 g/mol. The average molecular weight is 285 g/mol. The zero-order chi connectivity index (χ0) is 11.4. The smallest absolute Gasteiger partial charge is 0.125 e. The lowest BCUT2D eigenvalue weighted by molar-refractivity contribution is 0.104. The summed E-state index contributed by atoms with van der Waals surface area (Å²) in [7, 11) is 0. The minimum absolute atomic E-state index is 0.0987. The number of aromatic nitrogens is 1. The van der Waals surface area contributed by atoms with Gasteiger partial charge in [-0.05, 0) is 53.2 Å². The first-order valence-corrected chi connectivity index (χ1v) is 6.57. The van der Waals surface area contributed by atoms with Gasteiger partial charge in [-0.1, -0.05) is 6.42 Å². The third-order valence-corrected chi connectivity index (χ3v) is 3.52. The van der Waals surface area contributed by atoms with Crippen LogP contribution in [0.4, 0.5) is 5.82 Å². The molecule has 0 spiro atoms. The molecule has 0 radical (unpaired) electrons. The molecule has 1 heterocycles. The molecule has 2 rings (SSSR count). The quantitative estimate of drug-likeness (QED) is 0.897. The van der Waals surface area contributed by atoms with E-state index in [4.69, 9.17) is 0 Å². The van der Waals surface area contributed by atoms with Gasteiger partial charge in [0.25, 0.3) is 0 Å². The molecule has 0 bridgehead atoms. The van der Waals surface area contributed by atoms with E-state index in [1.165, 1.54) is 6.42 Å². The van der Waals surface area contributed by atoms with Crippen LogP contribution in [0.15, 0.2) is 22.8 Å². The Bertz CT molecular complexity index is 328. The molecule has 1 aliphatic carbocycles. The van der Waals surface area contributed by atoms with Gasteiger partial charge < -0.3 is 10.4 Å². The zero-order valence-corrected chi connectivity index (χ0v) is 10.8. The van der Waals surface area contributed by atoms with Crippen LogP contribution in [0.2, 0.25) is 0 Å². The highest BCUT2D eigenvalue weighted by molar-refractivity contribution is 9.10. The molecule has 1 aromatic rings. The van der Waals surface area contributed by atoms with E-state index >= 15 is 0 Å². The van der Waals surface area contributed by atoms with Crippen LogP contribution in [0.1, 0.15) is 25.7 Å². The summed E-state index contributed by atoms with van der Waals surface area (Å²) in [6, 6.07) is 3.94. The standard InChI is InChI=1S/C12H17BrN2O/c13-10-4-5-12(15-8-10)14-7-9-2-1-3-11(16)6-9/h4-5,8-9,11,16H,1-3,6-7H2,(H,14,15). The normalized spacial score (nSPS) is 25.4. The van der Waals surface area contributed by atoms with E-state index in [1.807, 2.05) is 12.1 Å². The van der Waals surface area contributed by atoms with E-state index in [9.17, 15) is 5.11 Å². The van der Waals surface area contributed by atoms with Gasteiger partial charge in [-0.15, -0.1) is 0 Å². The summed E-state index contributed by atoms with van der Waals surface area (Å²) in [4.78, 5) is 4.26. The van der Waals surface area contributed by atoms with Crippen LogP contribution < -0.4 is 5.32 Å². The molecule has 4 heteroatoms. The third kappa shape index (κ3) is 3.46. The van der Waals surface area contributed by atoms with Crippen LogP contribution in [0.3, 0.4) is 0 Å². The first-order valence-electron chi connectivity index (χ1n) is 5.77. The van der Waals surface area contributed by atoms with Crippen LogP contribution in [-0.2, 0) is 0 Å². The first kappa shape index (κ1) is 11.9. The number of nitrogens with one attached hydrogen (secondary N) is 1. The maximum absolute atomic E-state index is 9.56. The molecular weight excluding hydrogens is 268 g/mol.